The van der Waals surface area contributed by atoms with Crippen molar-refractivity contribution in [3.8, 4) is 5.75 Å². The van der Waals surface area contributed by atoms with Gasteiger partial charge in [-0.15, -0.1) is 0 Å². The van der Waals surface area contributed by atoms with Crippen molar-refractivity contribution < 1.29 is 9.47 Å². The second-order valence-corrected chi connectivity index (χ2v) is 5.93. The summed E-state index contributed by atoms with van der Waals surface area (Å²) in [6.07, 6.45) is 2.74. The third-order valence-corrected chi connectivity index (χ3v) is 3.64. The number of fused-ring (bicyclic) bond motifs is 1. The van der Waals surface area contributed by atoms with Crippen molar-refractivity contribution in [1.29, 1.82) is 0 Å². The number of hydrogen-bond donors (Lipinski definition) is 1. The molecule has 0 atom stereocenters. The topological polar surface area (TPSA) is 62.3 Å². The van der Waals surface area contributed by atoms with Gasteiger partial charge in [0.15, 0.2) is 0 Å². The van der Waals surface area contributed by atoms with Gasteiger partial charge in [0.25, 0.3) is 0 Å². The van der Waals surface area contributed by atoms with E-state index in [1.54, 1.807) is 0 Å². The number of hydrogen-bond acceptors (Lipinski definition) is 4. The van der Waals surface area contributed by atoms with Crippen LogP contribution in [0.5, 0.6) is 5.75 Å². The molecule has 0 amide bonds. The lowest BCUT2D eigenvalue weighted by atomic mass is 10.3. The minimum Gasteiger partial charge on any atom is -0.489 e. The van der Waals surface area contributed by atoms with E-state index in [0.29, 0.717) is 12.6 Å². The van der Waals surface area contributed by atoms with Gasteiger partial charge in [-0.3, -0.25) is 0 Å². The molecule has 0 unspecified atom stereocenters. The van der Waals surface area contributed by atoms with Crippen LogP contribution in [0.4, 0.5) is 5.95 Å². The fourth-order valence-corrected chi connectivity index (χ4v) is 2.41. The van der Waals surface area contributed by atoms with Crippen LogP contribution in [-0.4, -0.2) is 28.9 Å². The van der Waals surface area contributed by atoms with Gasteiger partial charge in [0.05, 0.1) is 18.2 Å². The molecule has 5 nitrogen and oxygen atoms in total. The van der Waals surface area contributed by atoms with Crippen LogP contribution in [0.15, 0.2) is 18.2 Å². The Morgan fingerprint density at radius 1 is 1.38 bits per heavy atom. The highest BCUT2D eigenvalue weighted by atomic mass is 16.5. The highest BCUT2D eigenvalue weighted by Gasteiger charge is 2.21. The molecule has 0 spiro atoms. The molecular weight excluding hydrogens is 266 g/mol. The Morgan fingerprint density at radius 3 is 2.90 bits per heavy atom. The minimum absolute atomic E-state index is 0.115. The Morgan fingerprint density at radius 2 is 2.19 bits per heavy atom. The van der Waals surface area contributed by atoms with Gasteiger partial charge < -0.3 is 19.8 Å². The quantitative estimate of drug-likeness (QED) is 0.796. The van der Waals surface area contributed by atoms with Crippen molar-refractivity contribution in [2.45, 2.75) is 39.3 Å². The largest absolute Gasteiger partial charge is 0.489 e. The molecular formula is C16H23N3O2. The number of imidazole rings is 1. The average molecular weight is 289 g/mol. The number of ether oxygens (including phenoxy) is 2. The molecule has 0 bridgehead atoms. The van der Waals surface area contributed by atoms with E-state index in [-0.39, 0.29) is 6.10 Å². The highest BCUT2D eigenvalue weighted by molar-refractivity contribution is 5.84. The first-order chi connectivity index (χ1) is 10.1. The second-order valence-electron chi connectivity index (χ2n) is 5.93. The van der Waals surface area contributed by atoms with Gasteiger partial charge in [0, 0.05) is 13.2 Å². The smallest absolute Gasteiger partial charge is 0.201 e. The van der Waals surface area contributed by atoms with E-state index in [2.05, 4.69) is 4.98 Å². The van der Waals surface area contributed by atoms with E-state index < -0.39 is 0 Å². The fraction of sp³-hybridized carbons (Fsp3) is 0.562. The van der Waals surface area contributed by atoms with Gasteiger partial charge in [-0.1, -0.05) is 6.07 Å². The Labute approximate surface area is 125 Å². The maximum absolute atomic E-state index is 6.05. The van der Waals surface area contributed by atoms with Crippen molar-refractivity contribution >= 4 is 17.0 Å². The van der Waals surface area contributed by atoms with E-state index in [1.807, 2.05) is 36.6 Å². The maximum Gasteiger partial charge on any atom is 0.201 e. The number of nitrogen functional groups attached to an aromatic ring is 1. The first-order valence-corrected chi connectivity index (χ1v) is 7.64. The average Bonchev–Trinajstić information content (AvgIpc) is 3.19. The first-order valence-electron chi connectivity index (χ1n) is 7.64. The van der Waals surface area contributed by atoms with E-state index in [0.717, 1.165) is 35.9 Å². The number of anilines is 1. The molecule has 1 aromatic heterocycles. The first kappa shape index (κ1) is 14.2. The predicted octanol–water partition coefficient (Wildman–Crippen LogP) is 2.83. The van der Waals surface area contributed by atoms with Crippen LogP contribution >= 0.6 is 0 Å². The summed E-state index contributed by atoms with van der Waals surface area (Å²) in [6, 6.07) is 5.93. The zero-order valence-corrected chi connectivity index (χ0v) is 12.7. The van der Waals surface area contributed by atoms with Crippen LogP contribution in [0, 0.1) is 5.92 Å². The molecule has 2 aromatic rings. The third-order valence-electron chi connectivity index (χ3n) is 3.64. The molecule has 1 fully saturated rings. The number of benzene rings is 1. The molecule has 1 aliphatic rings. The van der Waals surface area contributed by atoms with E-state index >= 15 is 0 Å². The molecule has 1 heterocycles. The standard InChI is InChI=1S/C16H23N3O2/c1-11(2)21-14-5-3-4-13-15(14)18-16(17)19(13)8-9-20-10-12-6-7-12/h3-5,11-12H,6-10H2,1-2H3,(H2,17,18). The molecule has 2 N–H and O–H groups in total. The summed E-state index contributed by atoms with van der Waals surface area (Å²) in [5.41, 5.74) is 7.87. The molecule has 0 aliphatic heterocycles. The summed E-state index contributed by atoms with van der Waals surface area (Å²) in [5.74, 6) is 2.08. The highest BCUT2D eigenvalue weighted by Crippen LogP contribution is 2.29. The van der Waals surface area contributed by atoms with Crippen molar-refractivity contribution in [2.75, 3.05) is 18.9 Å². The van der Waals surface area contributed by atoms with Crippen LogP contribution in [0.25, 0.3) is 11.0 Å². The van der Waals surface area contributed by atoms with Crippen molar-refractivity contribution in [2.24, 2.45) is 5.92 Å². The van der Waals surface area contributed by atoms with E-state index in [4.69, 9.17) is 15.2 Å². The lowest BCUT2D eigenvalue weighted by Crippen LogP contribution is -2.10. The van der Waals surface area contributed by atoms with Gasteiger partial charge >= 0.3 is 0 Å². The van der Waals surface area contributed by atoms with Crippen molar-refractivity contribution in [1.82, 2.24) is 9.55 Å². The Bertz CT molecular complexity index is 617. The number of nitrogens with zero attached hydrogens (tertiary/aromatic N) is 2. The number of nitrogens with two attached hydrogens (primary N) is 1. The summed E-state index contributed by atoms with van der Waals surface area (Å²) in [4.78, 5) is 4.45. The summed E-state index contributed by atoms with van der Waals surface area (Å²) >= 11 is 0. The molecule has 21 heavy (non-hydrogen) atoms. The molecule has 114 valence electrons. The lowest BCUT2D eigenvalue weighted by molar-refractivity contribution is 0.118. The van der Waals surface area contributed by atoms with Crippen LogP contribution in [0.1, 0.15) is 26.7 Å². The van der Waals surface area contributed by atoms with E-state index in [9.17, 15) is 0 Å². The minimum atomic E-state index is 0.115. The fourth-order valence-electron chi connectivity index (χ4n) is 2.41. The Balaban J connectivity index is 1.75. The Hall–Kier alpha value is -1.75. The SMILES string of the molecule is CC(C)Oc1cccc2c1nc(N)n2CCOCC1CC1. The van der Waals surface area contributed by atoms with Gasteiger partial charge in [-0.2, -0.15) is 0 Å². The lowest BCUT2D eigenvalue weighted by Gasteiger charge is -2.10. The second kappa shape index (κ2) is 5.93. The Kier molecular flexibility index (Phi) is 4.01. The van der Waals surface area contributed by atoms with Crippen molar-refractivity contribution in [3.63, 3.8) is 0 Å². The van der Waals surface area contributed by atoms with Gasteiger partial charge in [-0.25, -0.2) is 4.98 Å². The van der Waals surface area contributed by atoms with Crippen LogP contribution < -0.4 is 10.5 Å². The summed E-state index contributed by atoms with van der Waals surface area (Å²) in [7, 11) is 0. The maximum atomic E-state index is 6.05. The summed E-state index contributed by atoms with van der Waals surface area (Å²) < 4.78 is 13.5. The van der Waals surface area contributed by atoms with Gasteiger partial charge in [-0.05, 0) is 44.7 Å². The summed E-state index contributed by atoms with van der Waals surface area (Å²) in [6.45, 7) is 6.27. The third kappa shape index (κ3) is 3.29. The molecule has 0 radical (unpaired) electrons. The normalized spacial score (nSPS) is 15.0. The zero-order chi connectivity index (χ0) is 14.8. The van der Waals surface area contributed by atoms with Crippen molar-refractivity contribution in [3.05, 3.63) is 18.2 Å². The van der Waals surface area contributed by atoms with Crippen LogP contribution in [0.2, 0.25) is 0 Å². The van der Waals surface area contributed by atoms with Crippen LogP contribution in [-0.2, 0) is 11.3 Å². The molecule has 5 heteroatoms. The van der Waals surface area contributed by atoms with Crippen LogP contribution in [0.3, 0.4) is 0 Å². The zero-order valence-electron chi connectivity index (χ0n) is 12.7. The molecule has 3 rings (SSSR count). The van der Waals surface area contributed by atoms with E-state index in [1.165, 1.54) is 12.8 Å². The monoisotopic (exact) mass is 289 g/mol. The number of para-hydroxylation sites is 1. The molecule has 1 saturated carbocycles. The van der Waals surface area contributed by atoms with Gasteiger partial charge in [0.2, 0.25) is 5.95 Å². The number of aromatic nitrogens is 2. The molecule has 0 saturated heterocycles. The van der Waals surface area contributed by atoms with Gasteiger partial charge in [0.1, 0.15) is 11.3 Å². The summed E-state index contributed by atoms with van der Waals surface area (Å²) in [5, 5.41) is 0. The molecule has 1 aromatic carbocycles. The molecule has 1 aliphatic carbocycles. The number of rotatable bonds is 7. The predicted molar refractivity (Wildman–Crippen MR) is 83.5 cm³/mol.